The molecule has 1 rings (SSSR count). The molecule has 0 aromatic carbocycles. The van der Waals surface area contributed by atoms with E-state index < -0.39 is 11.8 Å². The highest BCUT2D eigenvalue weighted by Crippen LogP contribution is 2.12. The van der Waals surface area contributed by atoms with Crippen LogP contribution in [-0.4, -0.2) is 40.3 Å². The first-order valence-electron chi connectivity index (χ1n) is 4.63. The fourth-order valence-electron chi connectivity index (χ4n) is 0.862. The second-order valence-corrected chi connectivity index (χ2v) is 4.10. The van der Waals surface area contributed by atoms with Crippen LogP contribution in [0, 0.1) is 6.92 Å². The first-order chi connectivity index (χ1) is 7.63. The summed E-state index contributed by atoms with van der Waals surface area (Å²) in [5, 5.41) is 21.5. The van der Waals surface area contributed by atoms with Crippen molar-refractivity contribution in [2.45, 2.75) is 13.3 Å². The summed E-state index contributed by atoms with van der Waals surface area (Å²) < 4.78 is 0. The highest BCUT2D eigenvalue weighted by atomic mass is 32.1. The molecule has 0 spiro atoms. The Labute approximate surface area is 95.9 Å². The Morgan fingerprint density at radius 2 is 2.12 bits per heavy atom. The van der Waals surface area contributed by atoms with Crippen molar-refractivity contribution in [2.24, 2.45) is 0 Å². The third-order valence-corrected chi connectivity index (χ3v) is 2.33. The van der Waals surface area contributed by atoms with Crippen molar-refractivity contribution in [2.75, 3.05) is 18.5 Å². The van der Waals surface area contributed by atoms with Crippen LogP contribution in [0.5, 0.6) is 0 Å². The van der Waals surface area contributed by atoms with Gasteiger partial charge < -0.3 is 10.4 Å². The second kappa shape index (κ2) is 6.13. The highest BCUT2D eigenvalue weighted by molar-refractivity contribution is 7.15. The molecule has 1 aromatic heterocycles. The SMILES string of the molecule is Cc1nnc(NC(=O)C(=O)NCCCO)s1. The van der Waals surface area contributed by atoms with Crippen molar-refractivity contribution in [1.29, 1.82) is 0 Å². The lowest BCUT2D eigenvalue weighted by Crippen LogP contribution is -2.36. The molecule has 0 atom stereocenters. The van der Waals surface area contributed by atoms with Gasteiger partial charge in [0.15, 0.2) is 0 Å². The molecular formula is C8H12N4O3S. The molecular weight excluding hydrogens is 232 g/mol. The smallest absolute Gasteiger partial charge is 0.315 e. The lowest BCUT2D eigenvalue weighted by atomic mass is 10.4. The Kier molecular flexibility index (Phi) is 4.80. The van der Waals surface area contributed by atoms with Gasteiger partial charge in [-0.05, 0) is 13.3 Å². The zero-order chi connectivity index (χ0) is 12.0. The van der Waals surface area contributed by atoms with E-state index in [1.165, 1.54) is 11.3 Å². The number of aliphatic hydroxyl groups is 1. The fraction of sp³-hybridized carbons (Fsp3) is 0.500. The Morgan fingerprint density at radius 1 is 1.38 bits per heavy atom. The van der Waals surface area contributed by atoms with E-state index in [1.54, 1.807) is 6.92 Å². The van der Waals surface area contributed by atoms with E-state index >= 15 is 0 Å². The molecule has 88 valence electrons. The molecule has 0 fully saturated rings. The third-order valence-electron chi connectivity index (χ3n) is 1.57. The lowest BCUT2D eigenvalue weighted by molar-refractivity contribution is -0.136. The van der Waals surface area contributed by atoms with Crippen molar-refractivity contribution < 1.29 is 14.7 Å². The molecule has 8 heteroatoms. The predicted molar refractivity (Wildman–Crippen MR) is 58.0 cm³/mol. The van der Waals surface area contributed by atoms with Gasteiger partial charge >= 0.3 is 11.8 Å². The number of rotatable bonds is 4. The maximum absolute atomic E-state index is 11.3. The normalized spacial score (nSPS) is 9.88. The van der Waals surface area contributed by atoms with E-state index in [9.17, 15) is 9.59 Å². The zero-order valence-corrected chi connectivity index (χ0v) is 9.50. The number of aryl methyl sites for hydroxylation is 1. The molecule has 0 unspecified atom stereocenters. The molecule has 16 heavy (non-hydrogen) atoms. The van der Waals surface area contributed by atoms with Gasteiger partial charge in [0.25, 0.3) is 0 Å². The number of hydrogen-bond acceptors (Lipinski definition) is 6. The van der Waals surface area contributed by atoms with Crippen molar-refractivity contribution in [3.63, 3.8) is 0 Å². The van der Waals surface area contributed by atoms with Crippen LogP contribution >= 0.6 is 11.3 Å². The molecule has 0 saturated heterocycles. The number of carbonyl (C=O) groups is 2. The summed E-state index contributed by atoms with van der Waals surface area (Å²) in [5.74, 6) is -1.53. The van der Waals surface area contributed by atoms with E-state index in [4.69, 9.17) is 5.11 Å². The molecule has 0 saturated carbocycles. The van der Waals surface area contributed by atoms with Crippen molar-refractivity contribution in [1.82, 2.24) is 15.5 Å². The maximum Gasteiger partial charge on any atom is 0.315 e. The maximum atomic E-state index is 11.3. The van der Waals surface area contributed by atoms with Crippen molar-refractivity contribution >= 4 is 28.3 Å². The van der Waals surface area contributed by atoms with Gasteiger partial charge in [-0.2, -0.15) is 0 Å². The van der Waals surface area contributed by atoms with Crippen LogP contribution < -0.4 is 10.6 Å². The second-order valence-electron chi connectivity index (χ2n) is 2.91. The van der Waals surface area contributed by atoms with Gasteiger partial charge in [0.1, 0.15) is 5.01 Å². The number of aliphatic hydroxyl groups excluding tert-OH is 1. The molecule has 7 nitrogen and oxygen atoms in total. The number of nitrogens with one attached hydrogen (secondary N) is 2. The van der Waals surface area contributed by atoms with Gasteiger partial charge in [0, 0.05) is 13.2 Å². The van der Waals surface area contributed by atoms with E-state index in [2.05, 4.69) is 20.8 Å². The van der Waals surface area contributed by atoms with Gasteiger partial charge in [-0.3, -0.25) is 14.9 Å². The highest BCUT2D eigenvalue weighted by Gasteiger charge is 2.14. The number of aromatic nitrogens is 2. The van der Waals surface area contributed by atoms with Crippen LogP contribution in [0.15, 0.2) is 0 Å². The minimum atomic E-state index is -0.783. The van der Waals surface area contributed by atoms with Crippen LogP contribution in [0.1, 0.15) is 11.4 Å². The van der Waals surface area contributed by atoms with Crippen LogP contribution in [0.3, 0.4) is 0 Å². The topological polar surface area (TPSA) is 104 Å². The van der Waals surface area contributed by atoms with E-state index in [1.807, 2.05) is 0 Å². The minimum Gasteiger partial charge on any atom is -0.396 e. The van der Waals surface area contributed by atoms with Gasteiger partial charge in [-0.1, -0.05) is 11.3 Å². The minimum absolute atomic E-state index is 0.0303. The summed E-state index contributed by atoms with van der Waals surface area (Å²) >= 11 is 1.19. The lowest BCUT2D eigenvalue weighted by Gasteiger charge is -2.02. The molecule has 0 aliphatic heterocycles. The number of nitrogens with zero attached hydrogens (tertiary/aromatic N) is 2. The molecule has 3 N–H and O–H groups in total. The number of hydrogen-bond donors (Lipinski definition) is 3. The molecule has 0 radical (unpaired) electrons. The van der Waals surface area contributed by atoms with E-state index in [0.717, 1.165) is 0 Å². The summed E-state index contributed by atoms with van der Waals surface area (Å²) in [6, 6.07) is 0. The molecule has 0 aliphatic carbocycles. The first kappa shape index (κ1) is 12.5. The van der Waals surface area contributed by atoms with E-state index in [-0.39, 0.29) is 13.2 Å². The first-order valence-corrected chi connectivity index (χ1v) is 5.45. The fourth-order valence-corrected chi connectivity index (χ4v) is 1.45. The number of anilines is 1. The Morgan fingerprint density at radius 3 is 2.69 bits per heavy atom. The summed E-state index contributed by atoms with van der Waals surface area (Å²) in [4.78, 5) is 22.4. The van der Waals surface area contributed by atoms with Crippen LogP contribution in [-0.2, 0) is 9.59 Å². The molecule has 0 aliphatic rings. The summed E-state index contributed by atoms with van der Waals surface area (Å²) in [6.45, 7) is 1.98. The third kappa shape index (κ3) is 3.91. The molecule has 1 heterocycles. The Balaban J connectivity index is 2.37. The van der Waals surface area contributed by atoms with Crippen LogP contribution in [0.2, 0.25) is 0 Å². The monoisotopic (exact) mass is 244 g/mol. The summed E-state index contributed by atoms with van der Waals surface area (Å²) in [5.41, 5.74) is 0. The number of carbonyl (C=O) groups excluding carboxylic acids is 2. The average molecular weight is 244 g/mol. The zero-order valence-electron chi connectivity index (χ0n) is 8.69. The van der Waals surface area contributed by atoms with Crippen molar-refractivity contribution in [3.8, 4) is 0 Å². The number of amides is 2. The van der Waals surface area contributed by atoms with Gasteiger partial charge in [0.05, 0.1) is 0 Å². The molecule has 0 bridgehead atoms. The standard InChI is InChI=1S/C8H12N4O3S/c1-5-11-12-8(16-5)10-7(15)6(14)9-3-2-4-13/h13H,2-4H2,1H3,(H,9,14)(H,10,12,15). The van der Waals surface area contributed by atoms with E-state index in [0.29, 0.717) is 16.6 Å². The molecule has 2 amide bonds. The van der Waals surface area contributed by atoms with Gasteiger partial charge in [-0.15, -0.1) is 10.2 Å². The summed E-state index contributed by atoms with van der Waals surface area (Å²) in [6.07, 6.45) is 0.414. The predicted octanol–water partition coefficient (Wildman–Crippen LogP) is -0.716. The molecule has 1 aromatic rings. The quantitative estimate of drug-likeness (QED) is 0.479. The Hall–Kier alpha value is -1.54. The average Bonchev–Trinajstić information content (AvgIpc) is 2.64. The van der Waals surface area contributed by atoms with Crippen LogP contribution in [0.25, 0.3) is 0 Å². The van der Waals surface area contributed by atoms with Gasteiger partial charge in [0.2, 0.25) is 5.13 Å². The largest absolute Gasteiger partial charge is 0.396 e. The Bertz CT molecular complexity index is 379. The summed E-state index contributed by atoms with van der Waals surface area (Å²) in [7, 11) is 0. The van der Waals surface area contributed by atoms with Gasteiger partial charge in [-0.25, -0.2) is 0 Å². The van der Waals surface area contributed by atoms with Crippen LogP contribution in [0.4, 0.5) is 5.13 Å². The van der Waals surface area contributed by atoms with Crippen molar-refractivity contribution in [3.05, 3.63) is 5.01 Å².